The van der Waals surface area contributed by atoms with Crippen LogP contribution in [0.3, 0.4) is 0 Å². The van der Waals surface area contributed by atoms with Gasteiger partial charge in [-0.1, -0.05) is 23.1 Å². The minimum Gasteiger partial charge on any atom is -0.403 e. The Labute approximate surface area is 211 Å². The van der Waals surface area contributed by atoms with E-state index in [0.29, 0.717) is 29.2 Å². The van der Waals surface area contributed by atoms with Crippen LogP contribution in [0.25, 0.3) is 11.5 Å². The fourth-order valence-corrected chi connectivity index (χ4v) is 7.74. The predicted molar refractivity (Wildman–Crippen MR) is 130 cm³/mol. The molecule has 15 heteroatoms. The zero-order valence-corrected chi connectivity index (χ0v) is 21.9. The molecule has 4 rings (SSSR count). The first-order valence-corrected chi connectivity index (χ1v) is 14.5. The molecule has 1 saturated heterocycles. The molecule has 0 aliphatic carbocycles. The van der Waals surface area contributed by atoms with E-state index in [4.69, 9.17) is 16.0 Å². The molecule has 1 atom stereocenters. The zero-order chi connectivity index (χ0) is 25.4. The second-order valence-electron chi connectivity index (χ2n) is 7.90. The maximum absolute atomic E-state index is 13.1. The van der Waals surface area contributed by atoms with Crippen molar-refractivity contribution < 1.29 is 26.0 Å². The van der Waals surface area contributed by atoms with E-state index in [1.807, 2.05) is 0 Å². The highest BCUT2D eigenvalue weighted by atomic mass is 35.5. The maximum Gasteiger partial charge on any atom is 0.322 e. The standard InChI is InChI=1S/C20H22ClN5O6S3/c1-25(2)34(28,29)14-8-6-13(7-9-14)19-23-24-20(32-19)22-18(27)15-5-3-4-12-26(15)35(30,31)17-11-10-16(21)33-17/h6-11,15H,3-5,12H2,1-2H3,(H,22,24,27). The number of piperidine rings is 1. The lowest BCUT2D eigenvalue weighted by molar-refractivity contribution is -0.120. The molecule has 35 heavy (non-hydrogen) atoms. The summed E-state index contributed by atoms with van der Waals surface area (Å²) >= 11 is 6.84. The van der Waals surface area contributed by atoms with E-state index in [1.54, 1.807) is 0 Å². The van der Waals surface area contributed by atoms with Gasteiger partial charge in [0.25, 0.3) is 10.0 Å². The van der Waals surface area contributed by atoms with Crippen LogP contribution in [0.2, 0.25) is 4.34 Å². The zero-order valence-electron chi connectivity index (χ0n) is 18.7. The summed E-state index contributed by atoms with van der Waals surface area (Å²) in [4.78, 5) is 13.1. The lowest BCUT2D eigenvalue weighted by Crippen LogP contribution is -2.49. The van der Waals surface area contributed by atoms with Gasteiger partial charge in [-0.2, -0.15) is 4.31 Å². The number of anilines is 1. The van der Waals surface area contributed by atoms with Crippen molar-refractivity contribution in [1.29, 1.82) is 0 Å². The van der Waals surface area contributed by atoms with E-state index >= 15 is 0 Å². The summed E-state index contributed by atoms with van der Waals surface area (Å²) in [5.74, 6) is -0.519. The maximum atomic E-state index is 13.1. The highest BCUT2D eigenvalue weighted by Gasteiger charge is 2.38. The number of sulfonamides is 2. The Bertz CT molecular complexity index is 1430. The Kier molecular flexibility index (Phi) is 7.31. The van der Waals surface area contributed by atoms with Crippen LogP contribution in [0.15, 0.2) is 49.9 Å². The number of amides is 1. The van der Waals surface area contributed by atoms with Gasteiger partial charge in [-0.05, 0) is 49.2 Å². The van der Waals surface area contributed by atoms with E-state index in [9.17, 15) is 21.6 Å². The lowest BCUT2D eigenvalue weighted by atomic mass is 10.0. The number of benzene rings is 1. The highest BCUT2D eigenvalue weighted by molar-refractivity contribution is 7.91. The summed E-state index contributed by atoms with van der Waals surface area (Å²) in [6.07, 6.45) is 1.66. The Morgan fingerprint density at radius 3 is 2.46 bits per heavy atom. The molecule has 1 aromatic carbocycles. The Morgan fingerprint density at radius 2 is 1.83 bits per heavy atom. The first kappa shape index (κ1) is 25.7. The Hall–Kier alpha value is -2.36. The third-order valence-corrected chi connectivity index (χ3v) is 10.8. The van der Waals surface area contributed by atoms with E-state index in [-0.39, 0.29) is 27.6 Å². The number of carbonyl (C=O) groups is 1. The first-order valence-electron chi connectivity index (χ1n) is 10.4. The van der Waals surface area contributed by atoms with E-state index in [1.165, 1.54) is 54.8 Å². The van der Waals surface area contributed by atoms with Crippen LogP contribution in [-0.2, 0) is 24.8 Å². The summed E-state index contributed by atoms with van der Waals surface area (Å²) in [6, 6.07) is 7.63. The molecule has 3 aromatic rings. The summed E-state index contributed by atoms with van der Waals surface area (Å²) in [7, 11) is -4.62. The first-order chi connectivity index (χ1) is 16.5. The third-order valence-electron chi connectivity index (χ3n) is 5.40. The van der Waals surface area contributed by atoms with Gasteiger partial charge in [0.2, 0.25) is 21.8 Å². The topological polar surface area (TPSA) is 143 Å². The van der Waals surface area contributed by atoms with E-state index in [0.717, 1.165) is 15.6 Å². The molecule has 1 unspecified atom stereocenters. The van der Waals surface area contributed by atoms with Crippen molar-refractivity contribution in [2.75, 3.05) is 26.0 Å². The molecule has 1 fully saturated rings. The van der Waals surface area contributed by atoms with Crippen molar-refractivity contribution in [3.63, 3.8) is 0 Å². The van der Waals surface area contributed by atoms with Gasteiger partial charge in [-0.25, -0.2) is 21.1 Å². The van der Waals surface area contributed by atoms with Crippen molar-refractivity contribution in [2.24, 2.45) is 0 Å². The van der Waals surface area contributed by atoms with Gasteiger partial charge in [0.15, 0.2) is 0 Å². The van der Waals surface area contributed by atoms with Crippen LogP contribution in [0.1, 0.15) is 19.3 Å². The quantitative estimate of drug-likeness (QED) is 0.465. The minimum atomic E-state index is -3.90. The van der Waals surface area contributed by atoms with Crippen LogP contribution in [-0.4, -0.2) is 68.2 Å². The van der Waals surface area contributed by atoms with Crippen LogP contribution >= 0.6 is 22.9 Å². The van der Waals surface area contributed by atoms with Crippen LogP contribution in [0.5, 0.6) is 0 Å². The van der Waals surface area contributed by atoms with Gasteiger partial charge in [-0.3, -0.25) is 10.1 Å². The summed E-state index contributed by atoms with van der Waals surface area (Å²) in [6.45, 7) is 0.202. The number of nitrogens with zero attached hydrogens (tertiary/aromatic N) is 4. The number of hydrogen-bond donors (Lipinski definition) is 1. The molecule has 11 nitrogen and oxygen atoms in total. The summed E-state index contributed by atoms with van der Waals surface area (Å²) in [5, 5.41) is 10.2. The van der Waals surface area contributed by atoms with Crippen molar-refractivity contribution in [2.45, 2.75) is 34.4 Å². The molecule has 1 N–H and O–H groups in total. The number of nitrogens with one attached hydrogen (secondary N) is 1. The second-order valence-corrected chi connectivity index (χ2v) is 13.9. The largest absolute Gasteiger partial charge is 0.403 e. The van der Waals surface area contributed by atoms with Gasteiger partial charge in [0, 0.05) is 26.2 Å². The average molecular weight is 560 g/mol. The number of thiophene rings is 1. The molecule has 1 amide bonds. The highest BCUT2D eigenvalue weighted by Crippen LogP contribution is 2.32. The predicted octanol–water partition coefficient (Wildman–Crippen LogP) is 2.88. The number of carbonyl (C=O) groups excluding carboxylic acids is 1. The molecule has 0 spiro atoms. The fourth-order valence-electron chi connectivity index (χ4n) is 3.57. The number of aromatic nitrogens is 2. The summed E-state index contributed by atoms with van der Waals surface area (Å²) < 4.78 is 58.8. The smallest absolute Gasteiger partial charge is 0.322 e. The molecule has 0 radical (unpaired) electrons. The van der Waals surface area contributed by atoms with Gasteiger partial charge < -0.3 is 4.42 Å². The lowest BCUT2D eigenvalue weighted by Gasteiger charge is -2.32. The van der Waals surface area contributed by atoms with Gasteiger partial charge >= 0.3 is 6.01 Å². The van der Waals surface area contributed by atoms with Crippen molar-refractivity contribution in [3.05, 3.63) is 40.7 Å². The number of rotatable bonds is 7. The average Bonchev–Trinajstić information content (AvgIpc) is 3.48. The van der Waals surface area contributed by atoms with E-state index in [2.05, 4.69) is 15.5 Å². The molecule has 0 saturated carbocycles. The Balaban J connectivity index is 1.50. The molecular formula is C20H22ClN5O6S3. The molecule has 2 aromatic heterocycles. The van der Waals surface area contributed by atoms with Crippen molar-refractivity contribution in [3.8, 4) is 11.5 Å². The minimum absolute atomic E-state index is 0.0652. The molecule has 1 aliphatic heterocycles. The van der Waals surface area contributed by atoms with Crippen molar-refractivity contribution in [1.82, 2.24) is 18.8 Å². The molecule has 188 valence electrons. The SMILES string of the molecule is CN(C)S(=O)(=O)c1ccc(-c2nnc(NC(=O)C3CCCCN3S(=O)(=O)c3ccc(Cl)s3)o2)cc1. The monoisotopic (exact) mass is 559 g/mol. The molecule has 3 heterocycles. The van der Waals surface area contributed by atoms with Crippen molar-refractivity contribution >= 4 is 54.9 Å². The van der Waals surface area contributed by atoms with Crippen LogP contribution in [0, 0.1) is 0 Å². The number of halogens is 1. The van der Waals surface area contributed by atoms with Gasteiger partial charge in [-0.15, -0.1) is 16.4 Å². The summed E-state index contributed by atoms with van der Waals surface area (Å²) in [5.41, 5.74) is 0.451. The molecule has 1 aliphatic rings. The normalized spacial score (nSPS) is 17.5. The van der Waals surface area contributed by atoms with E-state index < -0.39 is 32.0 Å². The fraction of sp³-hybridized carbons (Fsp3) is 0.350. The van der Waals surface area contributed by atoms with Gasteiger partial charge in [0.1, 0.15) is 10.3 Å². The molecule has 0 bridgehead atoms. The van der Waals surface area contributed by atoms with Gasteiger partial charge in [0.05, 0.1) is 9.23 Å². The second kappa shape index (κ2) is 9.95. The Morgan fingerprint density at radius 1 is 1.11 bits per heavy atom. The number of hydrogen-bond acceptors (Lipinski definition) is 9. The van der Waals surface area contributed by atoms with Crippen LogP contribution in [0.4, 0.5) is 6.01 Å². The third kappa shape index (κ3) is 5.27. The molecular weight excluding hydrogens is 538 g/mol. The van der Waals surface area contributed by atoms with Crippen LogP contribution < -0.4 is 5.32 Å².